The highest BCUT2D eigenvalue weighted by Gasteiger charge is 2.14. The normalized spacial score (nSPS) is 14.7. The molecule has 0 saturated heterocycles. The van der Waals surface area contributed by atoms with Crippen LogP contribution in [0.2, 0.25) is 5.02 Å². The van der Waals surface area contributed by atoms with Crippen LogP contribution in [0.3, 0.4) is 0 Å². The number of benzene rings is 1. The first-order valence-corrected chi connectivity index (χ1v) is 7.14. The second kappa shape index (κ2) is 5.81. The number of nitrogens with zero attached hydrogens (tertiary/aromatic N) is 1. The Morgan fingerprint density at radius 1 is 1.35 bits per heavy atom. The van der Waals surface area contributed by atoms with Gasteiger partial charge in [-0.05, 0) is 36.1 Å². The zero-order chi connectivity index (χ0) is 13.9. The number of aliphatic hydroxyl groups is 1. The Bertz CT molecular complexity index is 615. The predicted molar refractivity (Wildman–Crippen MR) is 78.2 cm³/mol. The molecule has 104 valence electrons. The molecule has 0 amide bonds. The van der Waals surface area contributed by atoms with E-state index >= 15 is 0 Å². The quantitative estimate of drug-likeness (QED) is 0.939. The van der Waals surface area contributed by atoms with Crippen LogP contribution in [0.4, 0.5) is 0 Å². The van der Waals surface area contributed by atoms with Gasteiger partial charge < -0.3 is 9.84 Å². The topological polar surface area (TPSA) is 42.4 Å². The van der Waals surface area contributed by atoms with Crippen LogP contribution in [0.1, 0.15) is 29.2 Å². The van der Waals surface area contributed by atoms with Crippen molar-refractivity contribution in [1.82, 2.24) is 4.98 Å². The van der Waals surface area contributed by atoms with Crippen molar-refractivity contribution in [2.24, 2.45) is 0 Å². The van der Waals surface area contributed by atoms with Crippen LogP contribution in [0, 0.1) is 0 Å². The van der Waals surface area contributed by atoms with Gasteiger partial charge in [0.25, 0.3) is 0 Å². The molecule has 1 N–H and O–H groups in total. The molecule has 2 aromatic rings. The molecule has 1 aliphatic rings. The Labute approximate surface area is 123 Å². The Morgan fingerprint density at radius 2 is 2.25 bits per heavy atom. The summed E-state index contributed by atoms with van der Waals surface area (Å²) in [5, 5.41) is 10.7. The van der Waals surface area contributed by atoms with E-state index in [2.05, 4.69) is 17.1 Å². The maximum absolute atomic E-state index is 10.2. The number of halogens is 1. The van der Waals surface area contributed by atoms with Gasteiger partial charge in [0.1, 0.15) is 5.75 Å². The van der Waals surface area contributed by atoms with Crippen LogP contribution in [0.5, 0.6) is 5.75 Å². The van der Waals surface area contributed by atoms with E-state index in [9.17, 15) is 5.11 Å². The average molecular weight is 290 g/mol. The predicted octanol–water partition coefficient (Wildman–Crippen LogP) is 3.34. The van der Waals surface area contributed by atoms with Crippen molar-refractivity contribution in [3.05, 3.63) is 58.4 Å². The molecule has 0 saturated carbocycles. The molecule has 2 heterocycles. The van der Waals surface area contributed by atoms with Gasteiger partial charge >= 0.3 is 0 Å². The van der Waals surface area contributed by atoms with Crippen molar-refractivity contribution in [2.75, 3.05) is 6.61 Å². The molecule has 20 heavy (non-hydrogen) atoms. The van der Waals surface area contributed by atoms with E-state index in [0.717, 1.165) is 30.8 Å². The second-order valence-electron chi connectivity index (χ2n) is 4.99. The minimum absolute atomic E-state index is 0.516. The molecule has 0 fully saturated rings. The first-order valence-electron chi connectivity index (χ1n) is 6.76. The standard InChI is InChI=1S/C16H16ClNO2/c17-14-10-18-7-5-13(14)15(19)3-1-11-2-4-16-12(9-11)6-8-20-16/h2,4-5,7,9-10,15,19H,1,3,6,8H2. The molecule has 1 aliphatic heterocycles. The van der Waals surface area contributed by atoms with Gasteiger partial charge in [-0.15, -0.1) is 0 Å². The fourth-order valence-electron chi connectivity index (χ4n) is 2.51. The summed E-state index contributed by atoms with van der Waals surface area (Å²) in [6.45, 7) is 0.772. The zero-order valence-corrected chi connectivity index (χ0v) is 11.8. The van der Waals surface area contributed by atoms with E-state index < -0.39 is 6.10 Å². The van der Waals surface area contributed by atoms with Crippen LogP contribution >= 0.6 is 11.6 Å². The van der Waals surface area contributed by atoms with Crippen molar-refractivity contribution in [3.8, 4) is 5.75 Å². The van der Waals surface area contributed by atoms with E-state index in [4.69, 9.17) is 16.3 Å². The Morgan fingerprint density at radius 3 is 3.10 bits per heavy atom. The minimum Gasteiger partial charge on any atom is -0.493 e. The van der Waals surface area contributed by atoms with Crippen LogP contribution in [0.25, 0.3) is 0 Å². The third-order valence-electron chi connectivity index (χ3n) is 3.62. The molecule has 0 radical (unpaired) electrons. The van der Waals surface area contributed by atoms with Crippen LogP contribution in [0.15, 0.2) is 36.7 Å². The van der Waals surface area contributed by atoms with Crippen LogP contribution in [-0.2, 0) is 12.8 Å². The lowest BCUT2D eigenvalue weighted by Gasteiger charge is -2.12. The minimum atomic E-state index is -0.560. The molecule has 0 spiro atoms. The number of hydrogen-bond donors (Lipinski definition) is 1. The molecule has 0 aliphatic carbocycles. The molecule has 1 aromatic carbocycles. The van der Waals surface area contributed by atoms with Crippen molar-refractivity contribution in [1.29, 1.82) is 0 Å². The number of aliphatic hydroxyl groups excluding tert-OH is 1. The summed E-state index contributed by atoms with van der Waals surface area (Å²) < 4.78 is 5.49. The molecule has 1 atom stereocenters. The number of pyridine rings is 1. The van der Waals surface area contributed by atoms with E-state index in [0.29, 0.717) is 11.4 Å². The fourth-order valence-corrected chi connectivity index (χ4v) is 2.76. The fraction of sp³-hybridized carbons (Fsp3) is 0.312. The first-order chi connectivity index (χ1) is 9.74. The molecule has 4 heteroatoms. The Balaban J connectivity index is 1.66. The molecular weight excluding hydrogens is 274 g/mol. The van der Waals surface area contributed by atoms with Gasteiger partial charge in [0.15, 0.2) is 0 Å². The highest BCUT2D eigenvalue weighted by atomic mass is 35.5. The number of ether oxygens (including phenoxy) is 1. The third-order valence-corrected chi connectivity index (χ3v) is 3.94. The monoisotopic (exact) mass is 289 g/mol. The molecule has 1 unspecified atom stereocenters. The maximum Gasteiger partial charge on any atom is 0.122 e. The zero-order valence-electron chi connectivity index (χ0n) is 11.1. The summed E-state index contributed by atoms with van der Waals surface area (Å²) in [4.78, 5) is 3.93. The number of fused-ring (bicyclic) bond motifs is 1. The number of hydrogen-bond acceptors (Lipinski definition) is 3. The molecule has 3 rings (SSSR count). The van der Waals surface area contributed by atoms with Gasteiger partial charge in [-0.1, -0.05) is 23.7 Å². The summed E-state index contributed by atoms with van der Waals surface area (Å²) in [7, 11) is 0. The van der Waals surface area contributed by atoms with Crippen molar-refractivity contribution >= 4 is 11.6 Å². The summed E-state index contributed by atoms with van der Waals surface area (Å²) in [6, 6.07) is 8.02. The van der Waals surface area contributed by atoms with E-state index in [1.54, 1.807) is 18.5 Å². The number of aryl methyl sites for hydroxylation is 1. The largest absolute Gasteiger partial charge is 0.493 e. The lowest BCUT2D eigenvalue weighted by Crippen LogP contribution is -2.01. The van der Waals surface area contributed by atoms with Crippen molar-refractivity contribution in [3.63, 3.8) is 0 Å². The van der Waals surface area contributed by atoms with Gasteiger partial charge in [-0.2, -0.15) is 0 Å². The smallest absolute Gasteiger partial charge is 0.122 e. The van der Waals surface area contributed by atoms with Gasteiger partial charge in [0.05, 0.1) is 17.7 Å². The molecule has 0 bridgehead atoms. The van der Waals surface area contributed by atoms with Crippen LogP contribution in [-0.4, -0.2) is 16.7 Å². The van der Waals surface area contributed by atoms with E-state index in [1.807, 2.05) is 6.07 Å². The highest BCUT2D eigenvalue weighted by molar-refractivity contribution is 6.31. The molecular formula is C16H16ClNO2. The third kappa shape index (κ3) is 2.79. The summed E-state index contributed by atoms with van der Waals surface area (Å²) in [5.41, 5.74) is 3.23. The summed E-state index contributed by atoms with van der Waals surface area (Å²) in [5.74, 6) is 0.992. The number of aromatic nitrogens is 1. The van der Waals surface area contributed by atoms with E-state index in [1.165, 1.54) is 11.1 Å². The van der Waals surface area contributed by atoms with Gasteiger partial charge in [-0.25, -0.2) is 0 Å². The highest BCUT2D eigenvalue weighted by Crippen LogP contribution is 2.28. The van der Waals surface area contributed by atoms with Crippen LogP contribution < -0.4 is 4.74 Å². The maximum atomic E-state index is 10.2. The average Bonchev–Trinajstić information content (AvgIpc) is 2.92. The second-order valence-corrected chi connectivity index (χ2v) is 5.40. The molecule has 1 aromatic heterocycles. The van der Waals surface area contributed by atoms with Crippen molar-refractivity contribution in [2.45, 2.75) is 25.4 Å². The van der Waals surface area contributed by atoms with Gasteiger partial charge in [-0.3, -0.25) is 4.98 Å². The first kappa shape index (κ1) is 13.4. The lowest BCUT2D eigenvalue weighted by atomic mass is 10.00. The van der Waals surface area contributed by atoms with Crippen molar-refractivity contribution < 1.29 is 9.84 Å². The number of rotatable bonds is 4. The van der Waals surface area contributed by atoms with E-state index in [-0.39, 0.29) is 0 Å². The Kier molecular flexibility index (Phi) is 3.90. The summed E-state index contributed by atoms with van der Waals surface area (Å²) in [6.07, 6.45) is 5.08. The Hall–Kier alpha value is -1.58. The lowest BCUT2D eigenvalue weighted by molar-refractivity contribution is 0.168. The molecule has 3 nitrogen and oxygen atoms in total. The van der Waals surface area contributed by atoms with Gasteiger partial charge in [0.2, 0.25) is 0 Å². The SMILES string of the molecule is OC(CCc1ccc2c(c1)CCO2)c1ccncc1Cl. The summed E-state index contributed by atoms with van der Waals surface area (Å²) >= 11 is 6.04. The van der Waals surface area contributed by atoms with Gasteiger partial charge in [0, 0.05) is 24.4 Å².